The largest absolute Gasteiger partial charge is 0.332 e. The fourth-order valence-corrected chi connectivity index (χ4v) is 1.76. The standard InChI is InChI=1S/C13H18N4O3/c1-9(18)6-4-5-7-17-12(19)10-11(14-8-15(10)2)16(3)13(17)20/h8H,4-7H2,1-3H3/i1D3,2D3,3D3,6D2. The number of imidazole rings is 1. The molecule has 2 rings (SSSR count). The van der Waals surface area contributed by atoms with Crippen LogP contribution in [-0.2, 0) is 25.3 Å². The lowest BCUT2D eigenvalue weighted by molar-refractivity contribution is -0.117. The molecule has 7 nitrogen and oxygen atoms in total. The van der Waals surface area contributed by atoms with Gasteiger partial charge in [0.2, 0.25) is 0 Å². The zero-order valence-electron chi connectivity index (χ0n) is 21.2. The van der Waals surface area contributed by atoms with Gasteiger partial charge < -0.3 is 9.36 Å². The molecule has 0 saturated carbocycles. The summed E-state index contributed by atoms with van der Waals surface area (Å²) in [6.45, 7) is -9.82. The van der Waals surface area contributed by atoms with Crippen LogP contribution in [0.25, 0.3) is 11.2 Å². The highest BCUT2D eigenvalue weighted by Crippen LogP contribution is 2.04. The summed E-state index contributed by atoms with van der Waals surface area (Å²) in [5.74, 6) is -1.65. The number of carbonyl (C=O) groups excluding carboxylic acids is 1. The highest BCUT2D eigenvalue weighted by molar-refractivity contribution is 5.75. The van der Waals surface area contributed by atoms with Crippen molar-refractivity contribution >= 4 is 16.9 Å². The average molecular weight is 289 g/mol. The van der Waals surface area contributed by atoms with E-state index in [1.165, 1.54) is 0 Å². The first kappa shape index (κ1) is 5.67. The zero-order chi connectivity index (χ0) is 24.2. The number of aromatic nitrogens is 4. The predicted molar refractivity (Wildman–Crippen MR) is 74.7 cm³/mol. The minimum Gasteiger partial charge on any atom is -0.328 e. The van der Waals surface area contributed by atoms with Crippen LogP contribution >= 0.6 is 0 Å². The molecule has 0 aliphatic carbocycles. The Kier molecular flexibility index (Phi) is 1.54. The van der Waals surface area contributed by atoms with Gasteiger partial charge in [-0.05, 0) is 19.7 Å². The first-order chi connectivity index (χ1) is 13.8. The molecule has 108 valence electrons. The summed E-state index contributed by atoms with van der Waals surface area (Å²) >= 11 is 0. The molecule has 0 fully saturated rings. The average Bonchev–Trinajstić information content (AvgIpc) is 2.99. The van der Waals surface area contributed by atoms with Crippen molar-refractivity contribution < 1.29 is 19.9 Å². The number of rotatable bonds is 5. The van der Waals surface area contributed by atoms with Crippen LogP contribution in [0.3, 0.4) is 0 Å². The van der Waals surface area contributed by atoms with Crippen LogP contribution in [0.4, 0.5) is 0 Å². The molecule has 2 aromatic heterocycles. The van der Waals surface area contributed by atoms with Crippen molar-refractivity contribution in [3.8, 4) is 0 Å². The highest BCUT2D eigenvalue weighted by atomic mass is 16.2. The van der Waals surface area contributed by atoms with Crippen molar-refractivity contribution in [3.63, 3.8) is 0 Å². The Labute approximate surface area is 130 Å². The molecule has 0 aliphatic heterocycles. The molecular weight excluding hydrogens is 260 g/mol. The van der Waals surface area contributed by atoms with Gasteiger partial charge in [0.15, 0.2) is 11.2 Å². The van der Waals surface area contributed by atoms with Crippen molar-refractivity contribution in [2.24, 2.45) is 14.0 Å². The number of nitrogens with zero attached hydrogens (tertiary/aromatic N) is 4. The van der Waals surface area contributed by atoms with Crippen LogP contribution in [0, 0.1) is 0 Å². The second kappa shape index (κ2) is 5.44. The van der Waals surface area contributed by atoms with Gasteiger partial charge in [-0.2, -0.15) is 0 Å². The summed E-state index contributed by atoms with van der Waals surface area (Å²) in [4.78, 5) is 40.8. The van der Waals surface area contributed by atoms with Gasteiger partial charge in [-0.15, -0.1) is 0 Å². The van der Waals surface area contributed by atoms with Gasteiger partial charge in [-0.3, -0.25) is 13.9 Å². The van der Waals surface area contributed by atoms with Crippen molar-refractivity contribution in [2.75, 3.05) is 0 Å². The smallest absolute Gasteiger partial charge is 0.328 e. The van der Waals surface area contributed by atoms with E-state index in [1.807, 2.05) is 0 Å². The number of fused-ring (bicyclic) bond motifs is 1. The van der Waals surface area contributed by atoms with Crippen molar-refractivity contribution in [3.05, 3.63) is 27.2 Å². The lowest BCUT2D eigenvalue weighted by Crippen LogP contribution is -2.39. The van der Waals surface area contributed by atoms with E-state index in [2.05, 4.69) is 4.98 Å². The predicted octanol–water partition coefficient (Wildman–Crippen LogP) is 0.193. The highest BCUT2D eigenvalue weighted by Gasteiger charge is 2.14. The number of Topliss-reactive ketones (excluding diaryl/α,β-unsaturated/α-hetero) is 1. The topological polar surface area (TPSA) is 78.9 Å². The van der Waals surface area contributed by atoms with Crippen LogP contribution in [0.5, 0.6) is 0 Å². The lowest BCUT2D eigenvalue weighted by Gasteiger charge is -2.08. The summed E-state index contributed by atoms with van der Waals surface area (Å²) in [7, 11) is 0. The maximum Gasteiger partial charge on any atom is 0.332 e. The molecule has 20 heavy (non-hydrogen) atoms. The molecule has 2 heterocycles. The van der Waals surface area contributed by atoms with Crippen molar-refractivity contribution in [1.29, 1.82) is 0 Å². The van der Waals surface area contributed by atoms with Gasteiger partial charge in [-0.25, -0.2) is 9.78 Å². The Hall–Kier alpha value is -2.18. The van der Waals surface area contributed by atoms with E-state index in [0.717, 1.165) is 0 Å². The van der Waals surface area contributed by atoms with Crippen molar-refractivity contribution in [1.82, 2.24) is 18.7 Å². The maximum absolute atomic E-state index is 12.8. The Morgan fingerprint density at radius 3 is 2.95 bits per heavy atom. The Bertz CT molecular complexity index is 1120. The van der Waals surface area contributed by atoms with Crippen LogP contribution in [-0.4, -0.2) is 24.5 Å². The second-order valence-corrected chi connectivity index (χ2v) is 3.97. The molecule has 0 unspecified atom stereocenters. The number of aryl methyl sites for hydroxylation is 2. The summed E-state index contributed by atoms with van der Waals surface area (Å²) < 4.78 is 82.5. The van der Waals surface area contributed by atoms with E-state index in [-0.39, 0.29) is 4.57 Å². The van der Waals surface area contributed by atoms with E-state index in [9.17, 15) is 14.4 Å². The van der Waals surface area contributed by atoms with Crippen LogP contribution < -0.4 is 11.2 Å². The number of ketones is 1. The van der Waals surface area contributed by atoms with E-state index in [4.69, 9.17) is 15.1 Å². The number of hydrogen-bond donors (Lipinski definition) is 0. The molecule has 0 saturated heterocycles. The van der Waals surface area contributed by atoms with Crippen LogP contribution in [0.1, 0.15) is 41.1 Å². The van der Waals surface area contributed by atoms with Gasteiger partial charge in [0.25, 0.3) is 5.56 Å². The first-order valence-electron chi connectivity index (χ1n) is 11.1. The first-order valence-corrected chi connectivity index (χ1v) is 5.59. The molecule has 0 aliphatic rings. The van der Waals surface area contributed by atoms with Gasteiger partial charge >= 0.3 is 5.69 Å². The summed E-state index contributed by atoms with van der Waals surface area (Å²) in [6, 6.07) is 0. The number of carbonyl (C=O) groups is 1. The summed E-state index contributed by atoms with van der Waals surface area (Å²) in [5.41, 5.74) is -3.83. The molecule has 0 spiro atoms. The molecule has 7 heteroatoms. The second-order valence-electron chi connectivity index (χ2n) is 3.97. The fraction of sp³-hybridized carbons (Fsp3) is 0.538. The van der Waals surface area contributed by atoms with E-state index < -0.39 is 74.8 Å². The van der Waals surface area contributed by atoms with Gasteiger partial charge in [0.05, 0.1) is 6.33 Å². The Balaban J connectivity index is 2.58. The molecule has 0 bridgehead atoms. The lowest BCUT2D eigenvalue weighted by atomic mass is 10.2. The molecule has 2 aromatic rings. The SMILES string of the molecule is [2H]C([2H])([2H])C(=O)C([2H])([2H])CCCn1c(=O)c2c(ncn2C([2H])([2H])[2H])n(C([2H])([2H])[2H])c1=O. The van der Waals surface area contributed by atoms with E-state index >= 15 is 0 Å². The normalized spacial score (nSPS) is 21.9. The maximum atomic E-state index is 12.8. The van der Waals surface area contributed by atoms with Crippen LogP contribution in [0.15, 0.2) is 15.9 Å². The minimum atomic E-state index is -3.20. The fourth-order valence-electron chi connectivity index (χ4n) is 1.76. The third kappa shape index (κ3) is 2.43. The third-order valence-corrected chi connectivity index (χ3v) is 2.67. The Morgan fingerprint density at radius 2 is 2.25 bits per heavy atom. The summed E-state index contributed by atoms with van der Waals surface area (Å²) in [6.07, 6.45) is -3.15. The summed E-state index contributed by atoms with van der Waals surface area (Å²) in [5, 5.41) is 0. The third-order valence-electron chi connectivity index (χ3n) is 2.67. The molecule has 0 aromatic carbocycles. The molecule has 0 radical (unpaired) electrons. The molecular formula is C13H18N4O3. The van der Waals surface area contributed by atoms with E-state index in [1.54, 1.807) is 0 Å². The van der Waals surface area contributed by atoms with Crippen LogP contribution in [0.2, 0.25) is 0 Å². The molecule has 0 atom stereocenters. The van der Waals surface area contributed by atoms with Gasteiger partial charge in [0.1, 0.15) is 5.78 Å². The number of hydrogen-bond acceptors (Lipinski definition) is 4. The van der Waals surface area contributed by atoms with Gasteiger partial charge in [0, 0.05) is 41.9 Å². The van der Waals surface area contributed by atoms with E-state index in [0.29, 0.717) is 15.5 Å². The Morgan fingerprint density at radius 1 is 1.40 bits per heavy atom. The van der Waals surface area contributed by atoms with Gasteiger partial charge in [-0.1, -0.05) is 0 Å². The molecule has 0 N–H and O–H groups in total. The molecule has 0 amide bonds. The minimum absolute atomic E-state index is 0.175. The zero-order valence-corrected chi connectivity index (χ0v) is 10.2. The van der Waals surface area contributed by atoms with Crippen molar-refractivity contribution in [2.45, 2.75) is 32.6 Å². The quantitative estimate of drug-likeness (QED) is 0.787. The monoisotopic (exact) mass is 289 g/mol.